The molecule has 7 nitrogen and oxygen atoms in total. The van der Waals surface area contributed by atoms with Crippen molar-refractivity contribution in [3.05, 3.63) is 46.4 Å². The van der Waals surface area contributed by atoms with Gasteiger partial charge in [-0.2, -0.15) is 8.42 Å². The molecule has 137 valence electrons. The van der Waals surface area contributed by atoms with Crippen LogP contribution in [0.2, 0.25) is 0 Å². The van der Waals surface area contributed by atoms with Gasteiger partial charge in [0.25, 0.3) is 10.0 Å². The maximum Gasteiger partial charge on any atom is 0.333 e. The first-order chi connectivity index (χ1) is 12.5. The Morgan fingerprint density at radius 3 is 2.19 bits per heavy atom. The molecule has 2 aromatic rings. The number of nitrogens with zero attached hydrogens (tertiary/aromatic N) is 2. The number of benzene rings is 1. The van der Waals surface area contributed by atoms with E-state index in [1.165, 1.54) is 30.4 Å². The number of aromatic nitrogens is 2. The molecule has 1 radical (unpaired) electrons. The quantitative estimate of drug-likeness (QED) is 0.751. The minimum Gasteiger partial charge on any atom is -0.307 e. The van der Waals surface area contributed by atoms with Crippen LogP contribution >= 0.6 is 0 Å². The van der Waals surface area contributed by atoms with Crippen molar-refractivity contribution in [1.29, 1.82) is 0 Å². The van der Waals surface area contributed by atoms with Gasteiger partial charge in [-0.3, -0.25) is 4.98 Å². The zero-order chi connectivity index (χ0) is 18.3. The van der Waals surface area contributed by atoms with Crippen molar-refractivity contribution < 1.29 is 13.2 Å². The van der Waals surface area contributed by atoms with E-state index in [1.54, 1.807) is 0 Å². The summed E-state index contributed by atoms with van der Waals surface area (Å²) in [5.41, 5.74) is 5.88. The van der Waals surface area contributed by atoms with Crippen LogP contribution in [0.5, 0.6) is 0 Å². The average Bonchev–Trinajstić information content (AvgIpc) is 3.23. The predicted molar refractivity (Wildman–Crippen MR) is 102 cm³/mol. The van der Waals surface area contributed by atoms with Gasteiger partial charge >= 0.3 is 6.03 Å². The Hall–Kier alpha value is -0.844. The molecular weight excluding hydrogens is 391 g/mol. The van der Waals surface area contributed by atoms with E-state index < -0.39 is 16.1 Å². The fourth-order valence-electron chi connectivity index (χ4n) is 3.94. The van der Waals surface area contributed by atoms with Crippen LogP contribution < -0.4 is 10.0 Å². The molecular formula is C18H20KN4O3S. The van der Waals surface area contributed by atoms with E-state index in [0.717, 1.165) is 55.3 Å². The number of amides is 2. The summed E-state index contributed by atoms with van der Waals surface area (Å²) in [5, 5.41) is 2.57. The summed E-state index contributed by atoms with van der Waals surface area (Å²) in [7, 11) is -4.07. The number of anilines is 1. The third-order valence-electron chi connectivity index (χ3n) is 5.03. The molecule has 27 heavy (non-hydrogen) atoms. The number of rotatable bonds is 3. The van der Waals surface area contributed by atoms with E-state index in [2.05, 4.69) is 26.1 Å². The van der Waals surface area contributed by atoms with Gasteiger partial charge in [-0.15, -0.1) is 0 Å². The van der Waals surface area contributed by atoms with Gasteiger partial charge in [0.1, 0.15) is 0 Å². The number of carbonyl (C=O) groups excluding carboxylic acids is 1. The molecule has 2 N–H and O–H groups in total. The van der Waals surface area contributed by atoms with Crippen LogP contribution in [0.4, 0.5) is 10.5 Å². The number of fused-ring (bicyclic) bond motifs is 2. The topological polar surface area (TPSA) is 101 Å². The molecule has 0 saturated carbocycles. The fourth-order valence-corrected chi connectivity index (χ4v) is 4.97. The number of carbonyl (C=O) groups is 1. The van der Waals surface area contributed by atoms with Gasteiger partial charge in [0.05, 0.1) is 5.69 Å². The third kappa shape index (κ3) is 4.13. The summed E-state index contributed by atoms with van der Waals surface area (Å²) >= 11 is 0. The minimum absolute atomic E-state index is 0. The van der Waals surface area contributed by atoms with Crippen molar-refractivity contribution in [2.24, 2.45) is 0 Å². The molecule has 9 heteroatoms. The molecule has 0 saturated heterocycles. The van der Waals surface area contributed by atoms with Crippen molar-refractivity contribution in [2.75, 3.05) is 5.32 Å². The molecule has 0 atom stereocenters. The Morgan fingerprint density at radius 1 is 1.00 bits per heavy atom. The third-order valence-corrected chi connectivity index (χ3v) is 6.39. The van der Waals surface area contributed by atoms with Crippen molar-refractivity contribution >= 4 is 73.1 Å². The largest absolute Gasteiger partial charge is 0.333 e. The number of sulfonamides is 1. The second-order valence-corrected chi connectivity index (χ2v) is 8.34. The van der Waals surface area contributed by atoms with E-state index in [0.29, 0.717) is 0 Å². The summed E-state index contributed by atoms with van der Waals surface area (Å²) < 4.78 is 27.0. The van der Waals surface area contributed by atoms with Crippen LogP contribution in [-0.2, 0) is 35.7 Å². The molecule has 4 rings (SSSR count). The van der Waals surface area contributed by atoms with Crippen LogP contribution in [-0.4, -0.2) is 75.8 Å². The molecule has 0 unspecified atom stereocenters. The van der Waals surface area contributed by atoms with Crippen LogP contribution in [0.15, 0.2) is 23.5 Å². The van der Waals surface area contributed by atoms with Gasteiger partial charge in [-0.25, -0.2) is 14.5 Å². The van der Waals surface area contributed by atoms with Crippen LogP contribution in [0, 0.1) is 6.92 Å². The Balaban J connectivity index is 0.00000210. The van der Waals surface area contributed by atoms with Gasteiger partial charge in [0.15, 0.2) is 5.03 Å². The Labute approximate surface area is 201 Å². The summed E-state index contributed by atoms with van der Waals surface area (Å²) in [5.74, 6) is 0. The maximum absolute atomic E-state index is 12.5. The summed E-state index contributed by atoms with van der Waals surface area (Å²) in [6, 6.07) is 1.50. The van der Waals surface area contributed by atoms with Gasteiger partial charge in [-0.1, -0.05) is 6.07 Å². The average molecular weight is 412 g/mol. The first kappa shape index (κ1) is 20.9. The van der Waals surface area contributed by atoms with Crippen LogP contribution in [0.1, 0.15) is 40.8 Å². The monoisotopic (exact) mass is 411 g/mol. The number of hydrogen-bond donors (Lipinski definition) is 2. The molecule has 1 heterocycles. The summed E-state index contributed by atoms with van der Waals surface area (Å²) in [4.78, 5) is 20.2. The molecule has 0 fully saturated rings. The smallest absolute Gasteiger partial charge is 0.307 e. The molecule has 0 aliphatic heterocycles. The molecule has 2 aliphatic carbocycles. The SMILES string of the molecule is Cc1nccnc1S(=O)(=O)NC(=O)Nc1c2c(cc3c1CCC3)CCC2.[K]. The van der Waals surface area contributed by atoms with Gasteiger partial charge in [0, 0.05) is 69.5 Å². The zero-order valence-corrected chi connectivity index (χ0v) is 19.4. The van der Waals surface area contributed by atoms with Crippen LogP contribution in [0.3, 0.4) is 0 Å². The molecule has 0 bridgehead atoms. The summed E-state index contributed by atoms with van der Waals surface area (Å²) in [6.45, 7) is 1.54. The van der Waals surface area contributed by atoms with Gasteiger partial charge < -0.3 is 5.32 Å². The van der Waals surface area contributed by atoms with Gasteiger partial charge in [0.2, 0.25) is 0 Å². The van der Waals surface area contributed by atoms with E-state index in [1.807, 2.05) is 0 Å². The predicted octanol–water partition coefficient (Wildman–Crippen LogP) is 1.89. The van der Waals surface area contributed by atoms with Crippen molar-refractivity contribution in [1.82, 2.24) is 14.7 Å². The molecule has 0 spiro atoms. The normalized spacial score (nSPS) is 14.9. The molecule has 1 aromatic carbocycles. The van der Waals surface area contributed by atoms with Crippen molar-refractivity contribution in [2.45, 2.75) is 50.5 Å². The number of urea groups is 1. The second kappa shape index (κ2) is 8.26. The fraction of sp³-hybridized carbons (Fsp3) is 0.389. The first-order valence-corrected chi connectivity index (χ1v) is 10.2. The summed E-state index contributed by atoms with van der Waals surface area (Å²) in [6.07, 6.45) is 8.66. The first-order valence-electron chi connectivity index (χ1n) is 8.73. The Morgan fingerprint density at radius 2 is 1.59 bits per heavy atom. The second-order valence-electron chi connectivity index (χ2n) is 6.74. The van der Waals surface area contributed by atoms with E-state index in [-0.39, 0.29) is 62.1 Å². The van der Waals surface area contributed by atoms with Crippen LogP contribution in [0.25, 0.3) is 0 Å². The van der Waals surface area contributed by atoms with Crippen molar-refractivity contribution in [3.63, 3.8) is 0 Å². The Kier molecular flexibility index (Phi) is 6.39. The molecule has 2 amide bonds. The number of hydrogen-bond acceptors (Lipinski definition) is 5. The number of aryl methyl sites for hydroxylation is 3. The van der Waals surface area contributed by atoms with E-state index >= 15 is 0 Å². The standard InChI is InChI=1S/C18H20N4O3S.K/c1-11-17(20-9-8-19-11)26(24,25)22-18(23)21-16-14-6-2-4-12(14)10-13-5-3-7-15(13)16;/h8-10H,2-7H2,1H3,(H2,21,22,23);. The molecule has 2 aliphatic rings. The number of nitrogens with one attached hydrogen (secondary N) is 2. The van der Waals surface area contributed by atoms with Crippen molar-refractivity contribution in [3.8, 4) is 0 Å². The van der Waals surface area contributed by atoms with E-state index in [9.17, 15) is 13.2 Å². The maximum atomic E-state index is 12.5. The van der Waals surface area contributed by atoms with E-state index in [4.69, 9.17) is 0 Å². The zero-order valence-electron chi connectivity index (χ0n) is 15.5. The molecule has 1 aromatic heterocycles. The van der Waals surface area contributed by atoms with Gasteiger partial charge in [-0.05, 0) is 67.7 Å². The Bertz CT molecular complexity index is 976. The minimum atomic E-state index is -4.07.